The molecule has 0 aliphatic carbocycles. The van der Waals surface area contributed by atoms with Gasteiger partial charge in [-0.2, -0.15) is 5.26 Å². The van der Waals surface area contributed by atoms with Crippen LogP contribution >= 0.6 is 15.9 Å². The minimum Gasteiger partial charge on any atom is -0.377 e. The van der Waals surface area contributed by atoms with Crippen LogP contribution in [0.4, 0.5) is 0 Å². The van der Waals surface area contributed by atoms with Crippen LogP contribution in [-0.2, 0) is 0 Å². The van der Waals surface area contributed by atoms with Gasteiger partial charge in [-0.3, -0.25) is 0 Å². The van der Waals surface area contributed by atoms with Crippen LogP contribution in [0.1, 0.15) is 6.92 Å². The van der Waals surface area contributed by atoms with Crippen LogP contribution < -0.4 is 0 Å². The number of halogens is 1. The molecule has 0 aromatic heterocycles. The molecule has 2 atom stereocenters. The number of rotatable bonds is 1. The van der Waals surface area contributed by atoms with Gasteiger partial charge in [0.15, 0.2) is 6.10 Å². The lowest BCUT2D eigenvalue weighted by molar-refractivity contribution is 0.233. The average molecular weight is 164 g/mol. The highest BCUT2D eigenvalue weighted by Gasteiger charge is 2.06. The third kappa shape index (κ3) is 2.60. The Kier molecular flexibility index (Phi) is 2.97. The van der Waals surface area contributed by atoms with Crippen molar-refractivity contribution in [1.29, 1.82) is 5.26 Å². The minimum atomic E-state index is -0.875. The zero-order valence-corrected chi connectivity index (χ0v) is 5.51. The van der Waals surface area contributed by atoms with E-state index in [4.69, 9.17) is 10.4 Å². The molecule has 3 heteroatoms. The van der Waals surface area contributed by atoms with Gasteiger partial charge >= 0.3 is 0 Å². The molecule has 0 fully saturated rings. The predicted molar refractivity (Wildman–Crippen MR) is 30.0 cm³/mol. The Hall–Kier alpha value is -0.0700. The Bertz CT molecular complexity index is 86.2. The quantitative estimate of drug-likeness (QED) is 0.456. The second kappa shape index (κ2) is 3.00. The Morgan fingerprint density at radius 2 is 2.29 bits per heavy atom. The SMILES string of the molecule is C[C@H](Br)[C@@H](O)C#N. The number of nitrogens with zero attached hydrogens (tertiary/aromatic N) is 1. The summed E-state index contributed by atoms with van der Waals surface area (Å²) in [7, 11) is 0. The fourth-order valence-electron chi connectivity index (χ4n) is 0.103. The number of hydrogen-bond donors (Lipinski definition) is 1. The molecule has 7 heavy (non-hydrogen) atoms. The second-order valence-electron chi connectivity index (χ2n) is 1.25. The molecule has 2 nitrogen and oxygen atoms in total. The molecular weight excluding hydrogens is 158 g/mol. The van der Waals surface area contributed by atoms with Crippen molar-refractivity contribution in [2.24, 2.45) is 0 Å². The number of nitriles is 1. The van der Waals surface area contributed by atoms with Gasteiger partial charge in [0.25, 0.3) is 0 Å². The van der Waals surface area contributed by atoms with Crippen molar-refractivity contribution in [2.75, 3.05) is 0 Å². The molecule has 0 spiro atoms. The highest BCUT2D eigenvalue weighted by atomic mass is 79.9. The lowest BCUT2D eigenvalue weighted by Crippen LogP contribution is -2.13. The molecular formula is C4H6BrNO. The van der Waals surface area contributed by atoms with Crippen LogP contribution in [0.2, 0.25) is 0 Å². The van der Waals surface area contributed by atoms with Crippen molar-refractivity contribution in [3.05, 3.63) is 0 Å². The van der Waals surface area contributed by atoms with Gasteiger partial charge in [0, 0.05) is 0 Å². The third-order valence-corrected chi connectivity index (χ3v) is 1.07. The van der Waals surface area contributed by atoms with Gasteiger partial charge in [0.2, 0.25) is 0 Å². The summed E-state index contributed by atoms with van der Waals surface area (Å²) in [4.78, 5) is -0.127. The molecule has 0 saturated carbocycles. The number of hydrogen-bond acceptors (Lipinski definition) is 2. The zero-order valence-electron chi connectivity index (χ0n) is 3.93. The van der Waals surface area contributed by atoms with E-state index in [1.165, 1.54) is 0 Å². The van der Waals surface area contributed by atoms with E-state index in [9.17, 15) is 0 Å². The van der Waals surface area contributed by atoms with Crippen molar-refractivity contribution in [2.45, 2.75) is 17.9 Å². The summed E-state index contributed by atoms with van der Waals surface area (Å²) in [5, 5.41) is 16.5. The molecule has 0 unspecified atom stereocenters. The fraction of sp³-hybridized carbons (Fsp3) is 0.750. The maximum absolute atomic E-state index is 8.53. The van der Waals surface area contributed by atoms with Crippen molar-refractivity contribution in [3.63, 3.8) is 0 Å². The first kappa shape index (κ1) is 6.93. The maximum Gasteiger partial charge on any atom is 0.152 e. The van der Waals surface area contributed by atoms with E-state index in [0.717, 1.165) is 0 Å². The largest absolute Gasteiger partial charge is 0.377 e. The van der Waals surface area contributed by atoms with E-state index < -0.39 is 6.10 Å². The van der Waals surface area contributed by atoms with E-state index in [1.54, 1.807) is 13.0 Å². The zero-order chi connectivity index (χ0) is 5.86. The smallest absolute Gasteiger partial charge is 0.152 e. The van der Waals surface area contributed by atoms with Crippen molar-refractivity contribution >= 4 is 15.9 Å². The van der Waals surface area contributed by atoms with Gasteiger partial charge in [-0.1, -0.05) is 15.9 Å². The van der Waals surface area contributed by atoms with Crippen molar-refractivity contribution in [1.82, 2.24) is 0 Å². The molecule has 0 rings (SSSR count). The lowest BCUT2D eigenvalue weighted by Gasteiger charge is -1.99. The monoisotopic (exact) mass is 163 g/mol. The summed E-state index contributed by atoms with van der Waals surface area (Å²) in [6.07, 6.45) is -0.875. The van der Waals surface area contributed by atoms with E-state index in [-0.39, 0.29) is 4.83 Å². The molecule has 0 aromatic carbocycles. The number of alkyl halides is 1. The Labute approximate surface area is 50.9 Å². The van der Waals surface area contributed by atoms with Gasteiger partial charge in [-0.15, -0.1) is 0 Å². The molecule has 0 aliphatic heterocycles. The molecule has 0 radical (unpaired) electrons. The van der Waals surface area contributed by atoms with Gasteiger partial charge in [0.1, 0.15) is 0 Å². The second-order valence-corrected chi connectivity index (χ2v) is 2.70. The molecule has 0 aliphatic rings. The molecule has 0 amide bonds. The summed E-state index contributed by atoms with van der Waals surface area (Å²) < 4.78 is 0. The summed E-state index contributed by atoms with van der Waals surface area (Å²) in [6, 6.07) is 1.67. The van der Waals surface area contributed by atoms with Crippen molar-refractivity contribution in [3.8, 4) is 6.07 Å². The van der Waals surface area contributed by atoms with Crippen LogP contribution in [0.3, 0.4) is 0 Å². The van der Waals surface area contributed by atoms with Crippen LogP contribution in [0.5, 0.6) is 0 Å². The van der Waals surface area contributed by atoms with Gasteiger partial charge in [0.05, 0.1) is 10.9 Å². The topological polar surface area (TPSA) is 44.0 Å². The van der Waals surface area contributed by atoms with E-state index in [0.29, 0.717) is 0 Å². The maximum atomic E-state index is 8.53. The minimum absolute atomic E-state index is 0.127. The molecule has 40 valence electrons. The highest BCUT2D eigenvalue weighted by Crippen LogP contribution is 2.01. The first-order valence-electron chi connectivity index (χ1n) is 1.90. The standard InChI is InChI=1S/C4H6BrNO/c1-3(5)4(7)2-6/h3-4,7H,1H3/t3-,4-/m0/s1. The molecule has 0 saturated heterocycles. The fourth-order valence-corrected chi connectivity index (χ4v) is 0.221. The summed E-state index contributed by atoms with van der Waals surface area (Å²) in [5.74, 6) is 0. The van der Waals surface area contributed by atoms with Crippen LogP contribution in [-0.4, -0.2) is 16.0 Å². The van der Waals surface area contributed by atoms with Gasteiger partial charge in [-0.25, -0.2) is 0 Å². The Morgan fingerprint density at radius 3 is 2.29 bits per heavy atom. The van der Waals surface area contributed by atoms with Gasteiger partial charge in [-0.05, 0) is 6.92 Å². The number of aliphatic hydroxyl groups excluding tert-OH is 1. The third-order valence-electron chi connectivity index (χ3n) is 0.567. The molecule has 1 N–H and O–H groups in total. The van der Waals surface area contributed by atoms with Crippen LogP contribution in [0.15, 0.2) is 0 Å². The van der Waals surface area contributed by atoms with Crippen molar-refractivity contribution < 1.29 is 5.11 Å². The van der Waals surface area contributed by atoms with Gasteiger partial charge < -0.3 is 5.11 Å². The molecule has 0 aromatic rings. The first-order valence-corrected chi connectivity index (χ1v) is 2.82. The van der Waals surface area contributed by atoms with E-state index in [2.05, 4.69) is 15.9 Å². The van der Waals surface area contributed by atoms with Crippen LogP contribution in [0, 0.1) is 11.3 Å². The Balaban J connectivity index is 3.40. The summed E-state index contributed by atoms with van der Waals surface area (Å²) in [6.45, 7) is 1.72. The molecule has 0 heterocycles. The highest BCUT2D eigenvalue weighted by molar-refractivity contribution is 9.09. The molecule has 0 bridgehead atoms. The van der Waals surface area contributed by atoms with E-state index >= 15 is 0 Å². The lowest BCUT2D eigenvalue weighted by atomic mass is 10.3. The van der Waals surface area contributed by atoms with E-state index in [1.807, 2.05) is 0 Å². The average Bonchev–Trinajstić information content (AvgIpc) is 1.65. The normalized spacial score (nSPS) is 17.4. The Morgan fingerprint density at radius 1 is 1.86 bits per heavy atom. The number of aliphatic hydroxyl groups is 1. The predicted octanol–water partition coefficient (Wildman–Crippen LogP) is 0.654. The summed E-state index contributed by atoms with van der Waals surface area (Å²) in [5.41, 5.74) is 0. The first-order chi connectivity index (χ1) is 3.18. The van der Waals surface area contributed by atoms with Crippen LogP contribution in [0.25, 0.3) is 0 Å². The summed E-state index contributed by atoms with van der Waals surface area (Å²) >= 11 is 3.03.